The lowest BCUT2D eigenvalue weighted by Gasteiger charge is -2.12. The smallest absolute Gasteiger partial charge is 0.335 e. The maximum absolute atomic E-state index is 10.6. The van der Waals surface area contributed by atoms with E-state index in [4.69, 9.17) is 9.84 Å². The van der Waals surface area contributed by atoms with E-state index >= 15 is 0 Å². The van der Waals surface area contributed by atoms with E-state index in [-0.39, 0.29) is 0 Å². The second-order valence-electron chi connectivity index (χ2n) is 3.85. The van der Waals surface area contributed by atoms with Gasteiger partial charge in [-0.15, -0.1) is 0 Å². The molecule has 0 aliphatic heterocycles. The molecule has 1 aliphatic carbocycles. The van der Waals surface area contributed by atoms with Crippen LogP contribution in [0, 0.1) is 0 Å². The first kappa shape index (κ1) is 10.0. The Balaban J connectivity index is 2.00. The van der Waals surface area contributed by atoms with Gasteiger partial charge in [0.05, 0.1) is 11.7 Å². The van der Waals surface area contributed by atoms with Gasteiger partial charge in [-0.3, -0.25) is 0 Å². The first-order valence-corrected chi connectivity index (χ1v) is 5.26. The van der Waals surface area contributed by atoms with Crippen molar-refractivity contribution in [2.24, 2.45) is 0 Å². The standard InChI is InChI=1S/C12H14O3/c13-12(14)9-5-7-11(8-6-9)15-10-3-1-2-4-10/h5-8,10H,1-4H2,(H,13,14). The van der Waals surface area contributed by atoms with Gasteiger partial charge in [0.2, 0.25) is 0 Å². The molecule has 1 fully saturated rings. The molecule has 0 amide bonds. The Morgan fingerprint density at radius 2 is 1.80 bits per heavy atom. The molecule has 0 heterocycles. The first-order chi connectivity index (χ1) is 7.25. The van der Waals surface area contributed by atoms with Gasteiger partial charge >= 0.3 is 5.97 Å². The Bertz CT molecular complexity index is 336. The van der Waals surface area contributed by atoms with Crippen LogP contribution in [0.2, 0.25) is 0 Å². The molecule has 0 atom stereocenters. The Morgan fingerprint density at radius 1 is 1.20 bits per heavy atom. The highest BCUT2D eigenvalue weighted by Crippen LogP contribution is 2.24. The number of benzene rings is 1. The zero-order chi connectivity index (χ0) is 10.7. The van der Waals surface area contributed by atoms with Gasteiger partial charge in [0, 0.05) is 0 Å². The fourth-order valence-electron chi connectivity index (χ4n) is 1.87. The minimum absolute atomic E-state index is 0.300. The van der Waals surface area contributed by atoms with Gasteiger partial charge in [-0.2, -0.15) is 0 Å². The maximum atomic E-state index is 10.6. The number of hydrogen-bond donors (Lipinski definition) is 1. The second kappa shape index (κ2) is 4.34. The average molecular weight is 206 g/mol. The van der Waals surface area contributed by atoms with Crippen LogP contribution in [0.4, 0.5) is 0 Å². The summed E-state index contributed by atoms with van der Waals surface area (Å²) >= 11 is 0. The molecule has 1 saturated carbocycles. The molecule has 0 bridgehead atoms. The summed E-state index contributed by atoms with van der Waals surface area (Å²) in [7, 11) is 0. The molecule has 1 N–H and O–H groups in total. The summed E-state index contributed by atoms with van der Waals surface area (Å²) in [5.41, 5.74) is 0.300. The molecule has 0 saturated heterocycles. The highest BCUT2D eigenvalue weighted by atomic mass is 16.5. The zero-order valence-corrected chi connectivity index (χ0v) is 8.48. The van der Waals surface area contributed by atoms with E-state index in [1.165, 1.54) is 12.8 Å². The van der Waals surface area contributed by atoms with Gasteiger partial charge in [-0.1, -0.05) is 0 Å². The van der Waals surface area contributed by atoms with Crippen molar-refractivity contribution in [1.29, 1.82) is 0 Å². The summed E-state index contributed by atoms with van der Waals surface area (Å²) in [5.74, 6) is -0.130. The van der Waals surface area contributed by atoms with Gasteiger partial charge in [0.25, 0.3) is 0 Å². The van der Waals surface area contributed by atoms with E-state index < -0.39 is 5.97 Å². The van der Waals surface area contributed by atoms with E-state index in [0.29, 0.717) is 11.7 Å². The van der Waals surface area contributed by atoms with Crippen LogP contribution in [0.3, 0.4) is 0 Å². The average Bonchev–Trinajstić information content (AvgIpc) is 2.71. The summed E-state index contributed by atoms with van der Waals surface area (Å²) < 4.78 is 5.72. The van der Waals surface area contributed by atoms with Crippen LogP contribution in [0.1, 0.15) is 36.0 Å². The molecule has 1 aromatic carbocycles. The number of ether oxygens (including phenoxy) is 1. The molecule has 3 heteroatoms. The molecule has 1 aliphatic rings. The van der Waals surface area contributed by atoms with Gasteiger partial charge in [0.15, 0.2) is 0 Å². The van der Waals surface area contributed by atoms with Gasteiger partial charge in [0.1, 0.15) is 5.75 Å². The van der Waals surface area contributed by atoms with E-state index in [1.54, 1.807) is 24.3 Å². The maximum Gasteiger partial charge on any atom is 0.335 e. The van der Waals surface area contributed by atoms with Gasteiger partial charge < -0.3 is 9.84 Å². The van der Waals surface area contributed by atoms with Crippen molar-refractivity contribution in [2.75, 3.05) is 0 Å². The summed E-state index contributed by atoms with van der Waals surface area (Å²) in [6.07, 6.45) is 5.01. The van der Waals surface area contributed by atoms with E-state index in [2.05, 4.69) is 0 Å². The molecule has 0 spiro atoms. The fraction of sp³-hybridized carbons (Fsp3) is 0.417. The molecule has 0 radical (unpaired) electrons. The van der Waals surface area contributed by atoms with Crippen molar-refractivity contribution >= 4 is 5.97 Å². The second-order valence-corrected chi connectivity index (χ2v) is 3.85. The van der Waals surface area contributed by atoms with E-state index in [1.807, 2.05) is 0 Å². The van der Waals surface area contributed by atoms with E-state index in [0.717, 1.165) is 18.6 Å². The van der Waals surface area contributed by atoms with Crippen LogP contribution in [0.5, 0.6) is 5.75 Å². The Labute approximate surface area is 88.7 Å². The highest BCUT2D eigenvalue weighted by molar-refractivity contribution is 5.87. The molecular weight excluding hydrogens is 192 g/mol. The molecule has 3 nitrogen and oxygen atoms in total. The summed E-state index contributed by atoms with van der Waals surface area (Å²) in [4.78, 5) is 10.6. The zero-order valence-electron chi connectivity index (χ0n) is 8.48. The van der Waals surface area contributed by atoms with Crippen LogP contribution in [0.25, 0.3) is 0 Å². The number of carbonyl (C=O) groups is 1. The molecule has 0 unspecified atom stereocenters. The van der Waals surface area contributed by atoms with Gasteiger partial charge in [-0.05, 0) is 49.9 Å². The van der Waals surface area contributed by atoms with Crippen molar-refractivity contribution in [3.05, 3.63) is 29.8 Å². The number of carboxylic acid groups (broad SMARTS) is 1. The molecule has 2 rings (SSSR count). The number of hydrogen-bond acceptors (Lipinski definition) is 2. The van der Waals surface area contributed by atoms with Crippen LogP contribution < -0.4 is 4.74 Å². The minimum atomic E-state index is -0.901. The third kappa shape index (κ3) is 2.49. The Morgan fingerprint density at radius 3 is 2.33 bits per heavy atom. The molecule has 15 heavy (non-hydrogen) atoms. The molecular formula is C12H14O3. The van der Waals surface area contributed by atoms with Crippen molar-refractivity contribution in [2.45, 2.75) is 31.8 Å². The number of carboxylic acids is 1. The topological polar surface area (TPSA) is 46.5 Å². The van der Waals surface area contributed by atoms with Crippen molar-refractivity contribution in [3.8, 4) is 5.75 Å². The molecule has 0 aromatic heterocycles. The molecule has 1 aromatic rings. The largest absolute Gasteiger partial charge is 0.490 e. The minimum Gasteiger partial charge on any atom is -0.490 e. The Kier molecular flexibility index (Phi) is 2.90. The fourth-order valence-corrected chi connectivity index (χ4v) is 1.87. The number of rotatable bonds is 3. The predicted octanol–water partition coefficient (Wildman–Crippen LogP) is 2.71. The lowest BCUT2D eigenvalue weighted by Crippen LogP contribution is -2.10. The van der Waals surface area contributed by atoms with Crippen molar-refractivity contribution in [1.82, 2.24) is 0 Å². The lowest BCUT2D eigenvalue weighted by molar-refractivity contribution is 0.0697. The first-order valence-electron chi connectivity index (χ1n) is 5.26. The monoisotopic (exact) mass is 206 g/mol. The highest BCUT2D eigenvalue weighted by Gasteiger charge is 2.16. The third-order valence-electron chi connectivity index (χ3n) is 2.71. The lowest BCUT2D eigenvalue weighted by atomic mass is 10.2. The SMILES string of the molecule is O=C(O)c1ccc(OC2CCCC2)cc1. The van der Waals surface area contributed by atoms with E-state index in [9.17, 15) is 4.79 Å². The van der Waals surface area contributed by atoms with Crippen molar-refractivity contribution in [3.63, 3.8) is 0 Å². The summed E-state index contributed by atoms with van der Waals surface area (Å²) in [5, 5.41) is 8.72. The normalized spacial score (nSPS) is 16.5. The summed E-state index contributed by atoms with van der Waals surface area (Å²) in [6, 6.07) is 6.60. The van der Waals surface area contributed by atoms with Crippen LogP contribution >= 0.6 is 0 Å². The van der Waals surface area contributed by atoms with Crippen molar-refractivity contribution < 1.29 is 14.6 Å². The van der Waals surface area contributed by atoms with Gasteiger partial charge in [-0.25, -0.2) is 4.79 Å². The quantitative estimate of drug-likeness (QED) is 0.827. The van der Waals surface area contributed by atoms with Crippen LogP contribution in [0.15, 0.2) is 24.3 Å². The third-order valence-corrected chi connectivity index (χ3v) is 2.71. The molecule has 80 valence electrons. The summed E-state index contributed by atoms with van der Waals surface area (Å²) in [6.45, 7) is 0. The van der Waals surface area contributed by atoms with Crippen LogP contribution in [-0.2, 0) is 0 Å². The number of aromatic carboxylic acids is 1. The predicted molar refractivity (Wildman–Crippen MR) is 56.3 cm³/mol. The Hall–Kier alpha value is -1.51. The van der Waals surface area contributed by atoms with Crippen LogP contribution in [-0.4, -0.2) is 17.2 Å².